The first-order chi connectivity index (χ1) is 15.6. The number of carbonyl (C=O) groups is 1. The summed E-state index contributed by atoms with van der Waals surface area (Å²) in [5.41, 5.74) is 7.91. The molecule has 8 nitrogen and oxygen atoms in total. The molecule has 33 heavy (non-hydrogen) atoms. The number of nitrogens with two attached hydrogens (primary N) is 1. The van der Waals surface area contributed by atoms with Gasteiger partial charge in [-0.3, -0.25) is 0 Å². The van der Waals surface area contributed by atoms with Crippen molar-refractivity contribution in [2.24, 2.45) is 7.05 Å². The topological polar surface area (TPSA) is 116 Å². The fourth-order valence-corrected chi connectivity index (χ4v) is 3.63. The Bertz CT molecular complexity index is 1110. The number of benzene rings is 2. The molecule has 0 aliphatic heterocycles. The van der Waals surface area contributed by atoms with Crippen LogP contribution in [0.1, 0.15) is 19.4 Å². The predicted molar refractivity (Wildman–Crippen MR) is 127 cm³/mol. The Balaban J connectivity index is 1.65. The van der Waals surface area contributed by atoms with Crippen molar-refractivity contribution < 1.29 is 29.2 Å². The molecule has 0 aliphatic rings. The van der Waals surface area contributed by atoms with Gasteiger partial charge in [-0.15, -0.1) is 0 Å². The van der Waals surface area contributed by atoms with Crippen molar-refractivity contribution in [3.05, 3.63) is 53.2 Å². The minimum atomic E-state index is -1.00. The van der Waals surface area contributed by atoms with Gasteiger partial charge in [0.05, 0.1) is 16.8 Å². The molecular weight excluding hydrogens is 448 g/mol. The quantitative estimate of drug-likeness (QED) is 0.361. The number of aliphatic hydroxyl groups is 1. The van der Waals surface area contributed by atoms with Crippen molar-refractivity contribution in [1.82, 2.24) is 4.57 Å². The van der Waals surface area contributed by atoms with Crippen LogP contribution < -0.4 is 15.2 Å². The summed E-state index contributed by atoms with van der Waals surface area (Å²) in [5.74, 6) is 0.0556. The molecule has 2 unspecified atom stereocenters. The lowest BCUT2D eigenvalue weighted by atomic mass is 10.1. The van der Waals surface area contributed by atoms with Crippen LogP contribution >= 0.6 is 11.6 Å². The van der Waals surface area contributed by atoms with Crippen molar-refractivity contribution in [3.8, 4) is 11.5 Å². The molecule has 3 aromatic rings. The van der Waals surface area contributed by atoms with E-state index in [4.69, 9.17) is 31.5 Å². The van der Waals surface area contributed by atoms with Gasteiger partial charge in [-0.05, 0) is 49.7 Å². The number of hydrogen-bond donors (Lipinski definition) is 3. The van der Waals surface area contributed by atoms with Gasteiger partial charge in [0.2, 0.25) is 0 Å². The molecule has 1 heterocycles. The number of nitrogen functional groups attached to an aromatic ring is 1. The summed E-state index contributed by atoms with van der Waals surface area (Å²) in [4.78, 5) is 11.6. The number of aryl methyl sites for hydroxylation is 1. The predicted octanol–water partition coefficient (Wildman–Crippen LogP) is 3.65. The van der Waals surface area contributed by atoms with Crippen LogP contribution in [0.4, 0.5) is 5.69 Å². The highest BCUT2D eigenvalue weighted by Crippen LogP contribution is 2.28. The Morgan fingerprint density at radius 3 is 2.36 bits per heavy atom. The van der Waals surface area contributed by atoms with E-state index < -0.39 is 18.2 Å². The molecule has 0 aliphatic carbocycles. The van der Waals surface area contributed by atoms with Crippen LogP contribution in [0.25, 0.3) is 10.9 Å². The van der Waals surface area contributed by atoms with Crippen molar-refractivity contribution in [3.63, 3.8) is 0 Å². The summed E-state index contributed by atoms with van der Waals surface area (Å²) < 4.78 is 18.8. The van der Waals surface area contributed by atoms with E-state index in [9.17, 15) is 15.0 Å². The third-order valence-electron chi connectivity index (χ3n) is 5.02. The van der Waals surface area contributed by atoms with E-state index in [1.165, 1.54) is 0 Å². The normalized spacial score (nSPS) is 13.3. The number of carboxylic acids is 1. The summed E-state index contributed by atoms with van der Waals surface area (Å²) in [6.07, 6.45) is 0.112. The fourth-order valence-electron chi connectivity index (χ4n) is 3.46. The number of aromatic nitrogens is 1. The Morgan fingerprint density at radius 2 is 1.76 bits per heavy atom. The molecule has 0 saturated heterocycles. The van der Waals surface area contributed by atoms with E-state index in [-0.39, 0.29) is 25.7 Å². The van der Waals surface area contributed by atoms with Gasteiger partial charge in [0.25, 0.3) is 0 Å². The molecule has 0 amide bonds. The van der Waals surface area contributed by atoms with Crippen LogP contribution in [0.15, 0.2) is 42.6 Å². The second kappa shape index (κ2) is 10.8. The summed E-state index contributed by atoms with van der Waals surface area (Å²) >= 11 is 5.97. The van der Waals surface area contributed by atoms with Crippen LogP contribution in [0.5, 0.6) is 11.5 Å². The summed E-state index contributed by atoms with van der Waals surface area (Å²) in [6.45, 7) is 3.65. The number of fused-ring (bicyclic) bond motifs is 1. The molecule has 178 valence electrons. The van der Waals surface area contributed by atoms with E-state index in [2.05, 4.69) is 0 Å². The number of aliphatic hydroxyl groups excluding tert-OH is 1. The third kappa shape index (κ3) is 6.54. The standard InChI is InChI=1S/C24H29ClN2O6/c1-14(2)33-23(24(29)30)8-15-11-27(3)22-7-5-17(9-19(15)22)31-12-16(28)13-32-18-4-6-21(26)20(25)10-18/h4-7,9-11,14,16,23,28H,8,12-13,26H2,1-3H3,(H,29,30). The Kier molecular flexibility index (Phi) is 8.07. The second-order valence-corrected chi connectivity index (χ2v) is 8.53. The van der Waals surface area contributed by atoms with Gasteiger partial charge in [-0.25, -0.2) is 4.79 Å². The third-order valence-corrected chi connectivity index (χ3v) is 5.34. The Hall–Kier alpha value is -2.94. The molecule has 1 aromatic heterocycles. The van der Waals surface area contributed by atoms with Crippen LogP contribution in [0, 0.1) is 0 Å². The SMILES string of the molecule is CC(C)OC(Cc1cn(C)c2ccc(OCC(O)COc3ccc(N)c(Cl)c3)cc12)C(=O)O. The van der Waals surface area contributed by atoms with Crippen molar-refractivity contribution in [1.29, 1.82) is 0 Å². The first kappa shape index (κ1) is 24.7. The molecule has 0 saturated carbocycles. The van der Waals surface area contributed by atoms with Crippen molar-refractivity contribution in [2.75, 3.05) is 18.9 Å². The average Bonchev–Trinajstić information content (AvgIpc) is 3.07. The van der Waals surface area contributed by atoms with Gasteiger partial charge in [-0.1, -0.05) is 11.6 Å². The van der Waals surface area contributed by atoms with Gasteiger partial charge < -0.3 is 34.7 Å². The molecule has 4 N–H and O–H groups in total. The first-order valence-electron chi connectivity index (χ1n) is 10.6. The number of nitrogens with zero attached hydrogens (tertiary/aromatic N) is 1. The highest BCUT2D eigenvalue weighted by atomic mass is 35.5. The summed E-state index contributed by atoms with van der Waals surface area (Å²) in [7, 11) is 1.90. The zero-order chi connectivity index (χ0) is 24.1. The Labute approximate surface area is 197 Å². The van der Waals surface area contributed by atoms with Crippen molar-refractivity contribution >= 4 is 34.2 Å². The van der Waals surface area contributed by atoms with Gasteiger partial charge in [0.15, 0.2) is 6.10 Å². The van der Waals surface area contributed by atoms with Crippen molar-refractivity contribution in [2.45, 2.75) is 38.6 Å². The zero-order valence-corrected chi connectivity index (χ0v) is 19.6. The van der Waals surface area contributed by atoms with Crippen LogP contribution in [-0.4, -0.2) is 52.3 Å². The summed E-state index contributed by atoms with van der Waals surface area (Å²) in [6, 6.07) is 10.4. The van der Waals surface area contributed by atoms with Crippen LogP contribution in [-0.2, 0) is 23.0 Å². The lowest BCUT2D eigenvalue weighted by molar-refractivity contribution is -0.153. The van der Waals surface area contributed by atoms with E-state index in [0.717, 1.165) is 16.5 Å². The van der Waals surface area contributed by atoms with E-state index in [1.54, 1.807) is 24.3 Å². The number of halogens is 1. The highest BCUT2D eigenvalue weighted by Gasteiger charge is 2.22. The highest BCUT2D eigenvalue weighted by molar-refractivity contribution is 6.33. The molecule has 2 atom stereocenters. The fraction of sp³-hybridized carbons (Fsp3) is 0.375. The number of ether oxygens (including phenoxy) is 3. The van der Waals surface area contributed by atoms with E-state index in [0.29, 0.717) is 22.2 Å². The lowest BCUT2D eigenvalue weighted by Gasteiger charge is -2.16. The molecular formula is C24H29ClN2O6. The minimum Gasteiger partial charge on any atom is -0.491 e. The molecule has 0 radical (unpaired) electrons. The maximum atomic E-state index is 11.6. The van der Waals surface area contributed by atoms with Gasteiger partial charge in [0.1, 0.15) is 30.8 Å². The average molecular weight is 477 g/mol. The maximum absolute atomic E-state index is 11.6. The summed E-state index contributed by atoms with van der Waals surface area (Å²) in [5, 5.41) is 21.0. The van der Waals surface area contributed by atoms with Crippen LogP contribution in [0.3, 0.4) is 0 Å². The molecule has 3 rings (SSSR count). The molecule has 0 spiro atoms. The number of rotatable bonds is 11. The number of aliphatic carboxylic acids is 1. The minimum absolute atomic E-state index is 0.0184. The van der Waals surface area contributed by atoms with E-state index >= 15 is 0 Å². The molecule has 0 fully saturated rings. The monoisotopic (exact) mass is 476 g/mol. The van der Waals surface area contributed by atoms with Gasteiger partial charge >= 0.3 is 5.97 Å². The van der Waals surface area contributed by atoms with Gasteiger partial charge in [-0.2, -0.15) is 0 Å². The van der Waals surface area contributed by atoms with Crippen LogP contribution in [0.2, 0.25) is 5.02 Å². The molecule has 9 heteroatoms. The molecule has 2 aromatic carbocycles. The maximum Gasteiger partial charge on any atom is 0.333 e. The zero-order valence-electron chi connectivity index (χ0n) is 18.8. The first-order valence-corrected chi connectivity index (χ1v) is 11.0. The number of anilines is 1. The lowest BCUT2D eigenvalue weighted by Crippen LogP contribution is -2.29. The number of carboxylic acid groups (broad SMARTS) is 1. The molecule has 0 bridgehead atoms. The van der Waals surface area contributed by atoms with E-state index in [1.807, 2.05) is 43.8 Å². The number of hydrogen-bond acceptors (Lipinski definition) is 6. The van der Waals surface area contributed by atoms with Gasteiger partial charge in [0, 0.05) is 36.6 Å². The largest absolute Gasteiger partial charge is 0.491 e. The smallest absolute Gasteiger partial charge is 0.333 e. The second-order valence-electron chi connectivity index (χ2n) is 8.12. The Morgan fingerprint density at radius 1 is 1.12 bits per heavy atom.